The minimum Gasteiger partial charge on any atom is -0.481 e. The molecule has 0 unspecified atom stereocenters. The van der Waals surface area contributed by atoms with Gasteiger partial charge in [-0.25, -0.2) is 0 Å². The molecule has 1 aliphatic heterocycles. The van der Waals surface area contributed by atoms with Crippen LogP contribution in [0.1, 0.15) is 23.2 Å². The quantitative estimate of drug-likeness (QED) is 0.926. The van der Waals surface area contributed by atoms with E-state index in [1.54, 1.807) is 29.2 Å². The first-order valence-corrected chi connectivity index (χ1v) is 7.04. The van der Waals surface area contributed by atoms with Crippen LogP contribution in [-0.2, 0) is 4.79 Å². The molecule has 0 atom stereocenters. The first-order chi connectivity index (χ1) is 10.6. The molecule has 0 spiro atoms. The maximum Gasteiger partial charge on any atom is 0.306 e. The second-order valence-corrected chi connectivity index (χ2v) is 5.24. The number of aromatic nitrogens is 2. The van der Waals surface area contributed by atoms with Crippen molar-refractivity contribution >= 4 is 11.9 Å². The van der Waals surface area contributed by atoms with Gasteiger partial charge in [0.2, 0.25) is 12.2 Å². The van der Waals surface area contributed by atoms with Gasteiger partial charge in [0.15, 0.2) is 0 Å². The Hall–Kier alpha value is -2.70. The molecule has 1 aromatic heterocycles. The smallest absolute Gasteiger partial charge is 0.306 e. The highest BCUT2D eigenvalue weighted by molar-refractivity contribution is 5.94. The predicted octanol–water partition coefficient (Wildman–Crippen LogP) is 1.67. The van der Waals surface area contributed by atoms with Crippen molar-refractivity contribution in [1.82, 2.24) is 15.0 Å². The number of likely N-dealkylation sites (tertiary alicyclic amines) is 1. The van der Waals surface area contributed by atoms with Gasteiger partial charge in [-0.1, -0.05) is 17.3 Å². The van der Waals surface area contributed by atoms with Gasteiger partial charge in [-0.05, 0) is 25.0 Å². The third-order valence-electron chi connectivity index (χ3n) is 3.88. The maximum absolute atomic E-state index is 12.4. The lowest BCUT2D eigenvalue weighted by Crippen LogP contribution is -2.40. The van der Waals surface area contributed by atoms with E-state index in [4.69, 9.17) is 5.11 Å². The standard InChI is InChI=1S/C15H15N3O4/c19-14(18-7-5-12(6-8-18)15(20)21)11-3-1-10(2-4-11)13-16-9-22-17-13/h1-4,9,12H,5-8H2,(H,20,21). The van der Waals surface area contributed by atoms with Crippen LogP contribution in [0.15, 0.2) is 35.2 Å². The summed E-state index contributed by atoms with van der Waals surface area (Å²) in [6, 6.07) is 6.97. The number of carbonyl (C=O) groups is 2. The van der Waals surface area contributed by atoms with Crippen molar-refractivity contribution < 1.29 is 19.2 Å². The zero-order chi connectivity index (χ0) is 15.5. The lowest BCUT2D eigenvalue weighted by atomic mass is 9.96. The van der Waals surface area contributed by atoms with Crippen LogP contribution in [0.3, 0.4) is 0 Å². The molecule has 0 radical (unpaired) electrons. The van der Waals surface area contributed by atoms with Crippen LogP contribution < -0.4 is 0 Å². The summed E-state index contributed by atoms with van der Waals surface area (Å²) < 4.78 is 4.69. The number of carboxylic acid groups (broad SMARTS) is 1. The molecule has 1 aromatic carbocycles. The highest BCUT2D eigenvalue weighted by Crippen LogP contribution is 2.20. The minimum atomic E-state index is -0.781. The van der Waals surface area contributed by atoms with E-state index in [9.17, 15) is 9.59 Å². The molecule has 7 nitrogen and oxygen atoms in total. The third kappa shape index (κ3) is 2.83. The molecule has 2 aromatic rings. The van der Waals surface area contributed by atoms with E-state index in [0.29, 0.717) is 37.3 Å². The van der Waals surface area contributed by atoms with E-state index in [1.165, 1.54) is 6.39 Å². The maximum atomic E-state index is 12.4. The summed E-state index contributed by atoms with van der Waals surface area (Å²) >= 11 is 0. The average molecular weight is 301 g/mol. The number of benzene rings is 1. The molecule has 1 fully saturated rings. The van der Waals surface area contributed by atoms with Crippen molar-refractivity contribution in [3.05, 3.63) is 36.2 Å². The van der Waals surface area contributed by atoms with Gasteiger partial charge in [-0.3, -0.25) is 9.59 Å². The number of carboxylic acids is 1. The van der Waals surface area contributed by atoms with Crippen LogP contribution in [-0.4, -0.2) is 45.1 Å². The summed E-state index contributed by atoms with van der Waals surface area (Å²) in [7, 11) is 0. The molecule has 1 N–H and O–H groups in total. The number of amides is 1. The van der Waals surface area contributed by atoms with Crippen LogP contribution in [0.5, 0.6) is 0 Å². The van der Waals surface area contributed by atoms with Crippen LogP contribution in [0.4, 0.5) is 0 Å². The Kier molecular flexibility index (Phi) is 3.86. The van der Waals surface area contributed by atoms with Crippen molar-refractivity contribution in [3.8, 4) is 11.4 Å². The van der Waals surface area contributed by atoms with Gasteiger partial charge < -0.3 is 14.5 Å². The molecule has 2 heterocycles. The first-order valence-electron chi connectivity index (χ1n) is 7.04. The fraction of sp³-hybridized carbons (Fsp3) is 0.333. The largest absolute Gasteiger partial charge is 0.481 e. The Balaban J connectivity index is 1.67. The number of rotatable bonds is 3. The topological polar surface area (TPSA) is 96.5 Å². The Morgan fingerprint density at radius 2 is 1.86 bits per heavy atom. The number of nitrogens with zero attached hydrogens (tertiary/aromatic N) is 3. The lowest BCUT2D eigenvalue weighted by Gasteiger charge is -2.30. The first kappa shape index (κ1) is 14.2. The molecule has 0 aliphatic carbocycles. The van der Waals surface area contributed by atoms with Crippen molar-refractivity contribution in [1.29, 1.82) is 0 Å². The summed E-state index contributed by atoms with van der Waals surface area (Å²) in [6.45, 7) is 0.949. The summed E-state index contributed by atoms with van der Waals surface area (Å²) in [5.41, 5.74) is 1.34. The lowest BCUT2D eigenvalue weighted by molar-refractivity contribution is -0.143. The van der Waals surface area contributed by atoms with Crippen LogP contribution >= 0.6 is 0 Å². The third-order valence-corrected chi connectivity index (χ3v) is 3.88. The number of carbonyl (C=O) groups excluding carboxylic acids is 1. The summed E-state index contributed by atoms with van der Waals surface area (Å²) in [6.07, 6.45) is 2.25. The normalized spacial score (nSPS) is 15.7. The molecule has 7 heteroatoms. The van der Waals surface area contributed by atoms with Crippen molar-refractivity contribution in [2.75, 3.05) is 13.1 Å². The zero-order valence-corrected chi connectivity index (χ0v) is 11.8. The fourth-order valence-electron chi connectivity index (χ4n) is 2.57. The fourth-order valence-corrected chi connectivity index (χ4v) is 2.57. The Bertz CT molecular complexity index is 659. The number of hydrogen-bond donors (Lipinski definition) is 1. The Morgan fingerprint density at radius 3 is 2.41 bits per heavy atom. The van der Waals surface area contributed by atoms with Gasteiger partial charge in [-0.15, -0.1) is 0 Å². The molecule has 0 bridgehead atoms. The number of hydrogen-bond acceptors (Lipinski definition) is 5. The number of piperidine rings is 1. The SMILES string of the molecule is O=C(O)C1CCN(C(=O)c2ccc(-c3ncon3)cc2)CC1. The molecule has 114 valence electrons. The average Bonchev–Trinajstić information content (AvgIpc) is 3.09. The Labute approximate surface area is 126 Å². The summed E-state index contributed by atoms with van der Waals surface area (Å²) in [5.74, 6) is -0.731. The minimum absolute atomic E-state index is 0.0801. The van der Waals surface area contributed by atoms with Gasteiger partial charge in [0.25, 0.3) is 5.91 Å². The highest BCUT2D eigenvalue weighted by atomic mass is 16.5. The molecule has 1 amide bonds. The van der Waals surface area contributed by atoms with Crippen LogP contribution in [0.2, 0.25) is 0 Å². The summed E-state index contributed by atoms with van der Waals surface area (Å²) in [5, 5.41) is 12.7. The molecular formula is C15H15N3O4. The second kappa shape index (κ2) is 5.97. The van der Waals surface area contributed by atoms with E-state index < -0.39 is 5.97 Å². The highest BCUT2D eigenvalue weighted by Gasteiger charge is 2.27. The van der Waals surface area contributed by atoms with Crippen molar-refractivity contribution in [2.24, 2.45) is 5.92 Å². The van der Waals surface area contributed by atoms with E-state index >= 15 is 0 Å². The van der Waals surface area contributed by atoms with Gasteiger partial charge in [0, 0.05) is 24.2 Å². The molecule has 0 saturated carbocycles. The molecule has 22 heavy (non-hydrogen) atoms. The molecule has 1 saturated heterocycles. The molecule has 3 rings (SSSR count). The molecular weight excluding hydrogens is 286 g/mol. The van der Waals surface area contributed by atoms with Crippen LogP contribution in [0.25, 0.3) is 11.4 Å². The van der Waals surface area contributed by atoms with Crippen molar-refractivity contribution in [2.45, 2.75) is 12.8 Å². The number of aliphatic carboxylic acids is 1. The summed E-state index contributed by atoms with van der Waals surface area (Å²) in [4.78, 5) is 29.0. The van der Waals surface area contributed by atoms with Gasteiger partial charge in [0.1, 0.15) is 0 Å². The molecule has 1 aliphatic rings. The van der Waals surface area contributed by atoms with Gasteiger partial charge >= 0.3 is 5.97 Å². The van der Waals surface area contributed by atoms with Crippen LogP contribution in [0, 0.1) is 5.92 Å². The van der Waals surface area contributed by atoms with E-state index in [0.717, 1.165) is 5.56 Å². The second-order valence-electron chi connectivity index (χ2n) is 5.24. The van der Waals surface area contributed by atoms with Gasteiger partial charge in [-0.2, -0.15) is 4.98 Å². The van der Waals surface area contributed by atoms with Gasteiger partial charge in [0.05, 0.1) is 5.92 Å². The predicted molar refractivity (Wildman–Crippen MR) is 76.0 cm³/mol. The van der Waals surface area contributed by atoms with E-state index in [1.807, 2.05) is 0 Å². The van der Waals surface area contributed by atoms with E-state index in [-0.39, 0.29) is 11.8 Å². The van der Waals surface area contributed by atoms with Crippen molar-refractivity contribution in [3.63, 3.8) is 0 Å². The zero-order valence-electron chi connectivity index (χ0n) is 11.8. The van der Waals surface area contributed by atoms with E-state index in [2.05, 4.69) is 14.7 Å². The monoisotopic (exact) mass is 301 g/mol. The Morgan fingerprint density at radius 1 is 1.18 bits per heavy atom.